The first-order chi connectivity index (χ1) is 9.28. The highest BCUT2D eigenvalue weighted by atomic mass is 19.3. The maximum Gasteiger partial charge on any atom is 0.387 e. The van der Waals surface area contributed by atoms with Crippen LogP contribution in [0, 0.1) is 5.82 Å². The van der Waals surface area contributed by atoms with Crippen molar-refractivity contribution >= 4 is 11.4 Å². The number of alkyl halides is 2. The summed E-state index contributed by atoms with van der Waals surface area (Å²) in [7, 11) is 0. The van der Waals surface area contributed by atoms with E-state index in [1.807, 2.05) is 18.7 Å². The van der Waals surface area contributed by atoms with Crippen LogP contribution in [-0.2, 0) is 4.74 Å². The summed E-state index contributed by atoms with van der Waals surface area (Å²) in [5.41, 5.74) is 6.04. The molecular formula is C13H17F3N2O2. The highest BCUT2D eigenvalue weighted by Crippen LogP contribution is 2.34. The lowest BCUT2D eigenvalue weighted by atomic mass is 10.1. The van der Waals surface area contributed by atoms with Gasteiger partial charge in [0.2, 0.25) is 0 Å². The van der Waals surface area contributed by atoms with Crippen molar-refractivity contribution in [2.24, 2.45) is 0 Å². The summed E-state index contributed by atoms with van der Waals surface area (Å²) in [6, 6.07) is 2.20. The molecule has 0 saturated carbocycles. The Bertz CT molecular complexity index is 495. The van der Waals surface area contributed by atoms with Gasteiger partial charge in [-0.15, -0.1) is 0 Å². The molecule has 0 unspecified atom stereocenters. The van der Waals surface area contributed by atoms with Crippen molar-refractivity contribution < 1.29 is 22.6 Å². The molecular weight excluding hydrogens is 273 g/mol. The second-order valence-corrected chi connectivity index (χ2v) is 5.25. The fourth-order valence-corrected chi connectivity index (χ4v) is 2.24. The fourth-order valence-electron chi connectivity index (χ4n) is 2.24. The van der Waals surface area contributed by atoms with E-state index < -0.39 is 18.2 Å². The van der Waals surface area contributed by atoms with Crippen molar-refractivity contribution in [1.29, 1.82) is 0 Å². The summed E-state index contributed by atoms with van der Waals surface area (Å²) < 4.78 is 47.7. The minimum Gasteiger partial charge on any atom is -0.432 e. The Balaban J connectivity index is 2.31. The molecule has 20 heavy (non-hydrogen) atoms. The summed E-state index contributed by atoms with van der Waals surface area (Å²) in [5, 5.41) is 0. The molecule has 0 atom stereocenters. The Kier molecular flexibility index (Phi) is 3.99. The number of nitrogen functional groups attached to an aromatic ring is 1. The minimum atomic E-state index is -3.08. The average Bonchev–Trinajstić information content (AvgIpc) is 2.30. The number of nitrogens with two attached hydrogens (primary N) is 1. The first kappa shape index (κ1) is 14.8. The molecule has 7 heteroatoms. The van der Waals surface area contributed by atoms with Gasteiger partial charge in [-0.3, -0.25) is 0 Å². The number of halogens is 3. The molecule has 2 N–H and O–H groups in total. The molecule has 1 heterocycles. The summed E-state index contributed by atoms with van der Waals surface area (Å²) in [4.78, 5) is 1.87. The number of benzene rings is 1. The molecule has 2 rings (SSSR count). The van der Waals surface area contributed by atoms with Crippen LogP contribution in [0.15, 0.2) is 12.1 Å². The molecule has 4 nitrogen and oxygen atoms in total. The Morgan fingerprint density at radius 2 is 2.10 bits per heavy atom. The third kappa shape index (κ3) is 3.27. The van der Waals surface area contributed by atoms with Gasteiger partial charge < -0.3 is 20.1 Å². The first-order valence-corrected chi connectivity index (χ1v) is 6.21. The standard InChI is InChI=1S/C13H17F3N2O2/c1-13(2)7-18(3-4-19-13)10-6-11(20-12(15)16)8(14)5-9(10)17/h5-6,12H,3-4,7,17H2,1-2H3. The maximum atomic E-state index is 13.5. The predicted molar refractivity (Wildman–Crippen MR) is 69.7 cm³/mol. The molecule has 0 amide bonds. The lowest BCUT2D eigenvalue weighted by molar-refractivity contribution is -0.0522. The number of hydrogen-bond donors (Lipinski definition) is 1. The number of morpholine rings is 1. The summed E-state index contributed by atoms with van der Waals surface area (Å²) in [5.74, 6) is -1.41. The van der Waals surface area contributed by atoms with Crippen LogP contribution in [0.3, 0.4) is 0 Å². The van der Waals surface area contributed by atoms with Gasteiger partial charge in [0.05, 0.1) is 23.6 Å². The molecule has 0 aliphatic carbocycles. The van der Waals surface area contributed by atoms with Gasteiger partial charge in [0, 0.05) is 25.2 Å². The fraction of sp³-hybridized carbons (Fsp3) is 0.538. The van der Waals surface area contributed by atoms with Crippen LogP contribution in [0.2, 0.25) is 0 Å². The smallest absolute Gasteiger partial charge is 0.387 e. The second kappa shape index (κ2) is 5.40. The minimum absolute atomic E-state index is 0.182. The topological polar surface area (TPSA) is 47.7 Å². The van der Waals surface area contributed by atoms with Crippen molar-refractivity contribution in [3.8, 4) is 5.75 Å². The predicted octanol–water partition coefficient (Wildman–Crippen LogP) is 2.62. The monoisotopic (exact) mass is 290 g/mol. The Hall–Kier alpha value is -1.63. The van der Waals surface area contributed by atoms with Crippen LogP contribution in [-0.4, -0.2) is 31.9 Å². The van der Waals surface area contributed by atoms with Gasteiger partial charge in [-0.2, -0.15) is 8.78 Å². The zero-order valence-corrected chi connectivity index (χ0v) is 11.3. The molecule has 1 aliphatic heterocycles. The van der Waals surface area contributed by atoms with Gasteiger partial charge in [0.1, 0.15) is 0 Å². The van der Waals surface area contributed by atoms with Crippen LogP contribution in [0.4, 0.5) is 24.5 Å². The van der Waals surface area contributed by atoms with Gasteiger partial charge in [-0.05, 0) is 13.8 Å². The molecule has 1 aliphatic rings. The van der Waals surface area contributed by atoms with E-state index in [1.54, 1.807) is 0 Å². The summed E-state index contributed by atoms with van der Waals surface area (Å²) in [6.45, 7) is 2.30. The third-order valence-corrected chi connectivity index (χ3v) is 3.06. The molecule has 0 radical (unpaired) electrons. The number of rotatable bonds is 3. The van der Waals surface area contributed by atoms with Crippen molar-refractivity contribution in [2.75, 3.05) is 30.3 Å². The van der Waals surface area contributed by atoms with Gasteiger partial charge in [0.15, 0.2) is 11.6 Å². The summed E-state index contributed by atoms with van der Waals surface area (Å²) >= 11 is 0. The molecule has 1 fully saturated rings. The zero-order chi connectivity index (χ0) is 14.9. The van der Waals surface area contributed by atoms with E-state index in [1.165, 1.54) is 6.07 Å². The van der Waals surface area contributed by atoms with E-state index in [-0.39, 0.29) is 11.3 Å². The lowest BCUT2D eigenvalue weighted by Gasteiger charge is -2.40. The molecule has 0 spiro atoms. The van der Waals surface area contributed by atoms with Crippen LogP contribution in [0.5, 0.6) is 5.75 Å². The van der Waals surface area contributed by atoms with E-state index >= 15 is 0 Å². The normalized spacial score (nSPS) is 18.4. The SMILES string of the molecule is CC1(C)CN(c2cc(OC(F)F)c(F)cc2N)CCO1. The molecule has 0 aromatic heterocycles. The van der Waals surface area contributed by atoms with Gasteiger partial charge in [-0.25, -0.2) is 4.39 Å². The van der Waals surface area contributed by atoms with Crippen LogP contribution in [0.1, 0.15) is 13.8 Å². The molecule has 112 valence electrons. The molecule has 0 bridgehead atoms. The van der Waals surface area contributed by atoms with Gasteiger partial charge in [-0.1, -0.05) is 0 Å². The second-order valence-electron chi connectivity index (χ2n) is 5.25. The lowest BCUT2D eigenvalue weighted by Crippen LogP contribution is -2.48. The van der Waals surface area contributed by atoms with E-state index in [2.05, 4.69) is 4.74 Å². The van der Waals surface area contributed by atoms with E-state index in [9.17, 15) is 13.2 Å². The van der Waals surface area contributed by atoms with Crippen molar-refractivity contribution in [3.05, 3.63) is 17.9 Å². The average molecular weight is 290 g/mol. The number of nitrogens with zero attached hydrogens (tertiary/aromatic N) is 1. The van der Waals surface area contributed by atoms with Crippen molar-refractivity contribution in [2.45, 2.75) is 26.1 Å². The number of anilines is 2. The number of hydrogen-bond acceptors (Lipinski definition) is 4. The number of ether oxygens (including phenoxy) is 2. The van der Waals surface area contributed by atoms with Crippen molar-refractivity contribution in [3.63, 3.8) is 0 Å². The quantitative estimate of drug-likeness (QED) is 0.869. The summed E-state index contributed by atoms with van der Waals surface area (Å²) in [6.07, 6.45) is 0. The van der Waals surface area contributed by atoms with Crippen molar-refractivity contribution in [1.82, 2.24) is 0 Å². The van der Waals surface area contributed by atoms with E-state index in [0.29, 0.717) is 25.4 Å². The zero-order valence-electron chi connectivity index (χ0n) is 11.3. The van der Waals surface area contributed by atoms with E-state index in [0.717, 1.165) is 6.07 Å². The third-order valence-electron chi connectivity index (χ3n) is 3.06. The van der Waals surface area contributed by atoms with Gasteiger partial charge in [0.25, 0.3) is 0 Å². The first-order valence-electron chi connectivity index (χ1n) is 6.21. The molecule has 1 aromatic rings. The maximum absolute atomic E-state index is 13.5. The Morgan fingerprint density at radius 1 is 1.40 bits per heavy atom. The van der Waals surface area contributed by atoms with Crippen LogP contribution in [0.25, 0.3) is 0 Å². The van der Waals surface area contributed by atoms with Crippen LogP contribution >= 0.6 is 0 Å². The highest BCUT2D eigenvalue weighted by Gasteiger charge is 2.29. The Labute approximate surface area is 115 Å². The van der Waals surface area contributed by atoms with E-state index in [4.69, 9.17) is 10.5 Å². The molecule has 1 aromatic carbocycles. The Morgan fingerprint density at radius 3 is 2.70 bits per heavy atom. The largest absolute Gasteiger partial charge is 0.432 e. The highest BCUT2D eigenvalue weighted by molar-refractivity contribution is 5.70. The van der Waals surface area contributed by atoms with Crippen LogP contribution < -0.4 is 15.4 Å². The molecule has 1 saturated heterocycles. The van der Waals surface area contributed by atoms with Gasteiger partial charge >= 0.3 is 6.61 Å².